The van der Waals surface area contributed by atoms with Crippen molar-refractivity contribution in [3.63, 3.8) is 0 Å². The number of hydrogen-bond acceptors (Lipinski definition) is 5. The van der Waals surface area contributed by atoms with Crippen molar-refractivity contribution in [1.29, 1.82) is 0 Å². The quantitative estimate of drug-likeness (QED) is 0.569. The minimum atomic E-state index is -4.09. The van der Waals surface area contributed by atoms with Crippen molar-refractivity contribution < 1.29 is 22.3 Å². The zero-order valence-corrected chi connectivity index (χ0v) is 15.9. The molecule has 142 valence electrons. The van der Waals surface area contributed by atoms with Gasteiger partial charge >= 0.3 is 5.97 Å². The number of carbonyl (C=O) groups excluding carboxylic acids is 1. The van der Waals surface area contributed by atoms with Crippen LogP contribution in [0.2, 0.25) is 0 Å². The van der Waals surface area contributed by atoms with Gasteiger partial charge in [0.2, 0.25) is 9.84 Å². The van der Waals surface area contributed by atoms with Gasteiger partial charge < -0.3 is 9.64 Å². The zero-order chi connectivity index (χ0) is 19.6. The predicted molar refractivity (Wildman–Crippen MR) is 101 cm³/mol. The third-order valence-electron chi connectivity index (χ3n) is 4.43. The number of halogens is 1. The van der Waals surface area contributed by atoms with Crippen molar-refractivity contribution >= 4 is 27.2 Å². The SMILES string of the molecule is CCCCc1ccc(N2C=C(C(=O)OC)S(=O)(=O)c3ccc(F)cc32)cc1. The van der Waals surface area contributed by atoms with E-state index in [1.807, 2.05) is 24.3 Å². The summed E-state index contributed by atoms with van der Waals surface area (Å²) in [6.07, 6.45) is 4.29. The standard InChI is InChI=1S/C20H20FNO4S/c1-3-4-5-14-6-9-16(10-7-14)22-13-19(20(23)26-2)27(24,25)18-11-8-15(21)12-17(18)22/h6-13H,3-5H2,1-2H3. The van der Waals surface area contributed by atoms with E-state index in [4.69, 9.17) is 0 Å². The van der Waals surface area contributed by atoms with Crippen LogP contribution in [0.1, 0.15) is 25.3 Å². The fraction of sp³-hybridized carbons (Fsp3) is 0.250. The number of esters is 1. The maximum absolute atomic E-state index is 13.8. The summed E-state index contributed by atoms with van der Waals surface area (Å²) in [4.78, 5) is 12.9. The molecule has 3 rings (SSSR count). The Bertz CT molecular complexity index is 997. The maximum atomic E-state index is 13.8. The van der Waals surface area contributed by atoms with Gasteiger partial charge in [0, 0.05) is 11.9 Å². The molecule has 0 aliphatic carbocycles. The van der Waals surface area contributed by atoms with Crippen LogP contribution in [0.3, 0.4) is 0 Å². The fourth-order valence-electron chi connectivity index (χ4n) is 2.96. The third kappa shape index (κ3) is 3.60. The fourth-order valence-corrected chi connectivity index (χ4v) is 4.43. The number of nitrogens with zero attached hydrogens (tertiary/aromatic N) is 1. The van der Waals surface area contributed by atoms with Crippen molar-refractivity contribution in [3.05, 3.63) is 65.0 Å². The van der Waals surface area contributed by atoms with E-state index in [0.29, 0.717) is 5.69 Å². The summed E-state index contributed by atoms with van der Waals surface area (Å²) in [5.74, 6) is -1.53. The number of ether oxygens (including phenoxy) is 1. The average molecular weight is 389 g/mol. The van der Waals surface area contributed by atoms with Crippen LogP contribution in [-0.2, 0) is 25.8 Å². The summed E-state index contributed by atoms with van der Waals surface area (Å²) in [7, 11) is -2.98. The molecule has 0 saturated heterocycles. The molecular weight excluding hydrogens is 369 g/mol. The summed E-state index contributed by atoms with van der Waals surface area (Å²) in [6.45, 7) is 2.12. The van der Waals surface area contributed by atoms with E-state index in [-0.39, 0.29) is 10.6 Å². The number of sulfone groups is 1. The number of carbonyl (C=O) groups is 1. The van der Waals surface area contributed by atoms with Crippen molar-refractivity contribution in [3.8, 4) is 0 Å². The maximum Gasteiger partial charge on any atom is 0.351 e. The first kappa shape index (κ1) is 19.1. The summed E-state index contributed by atoms with van der Waals surface area (Å²) in [5, 5.41) is 0. The Balaban J connectivity index is 2.12. The second-order valence-corrected chi connectivity index (χ2v) is 8.13. The topological polar surface area (TPSA) is 63.7 Å². The second kappa shape index (κ2) is 7.52. The van der Waals surface area contributed by atoms with Crippen molar-refractivity contribution in [1.82, 2.24) is 0 Å². The van der Waals surface area contributed by atoms with Gasteiger partial charge in [-0.15, -0.1) is 0 Å². The molecule has 0 fully saturated rings. The van der Waals surface area contributed by atoms with E-state index < -0.39 is 26.5 Å². The molecule has 27 heavy (non-hydrogen) atoms. The zero-order valence-electron chi connectivity index (χ0n) is 15.1. The molecule has 2 aromatic carbocycles. The first-order chi connectivity index (χ1) is 12.9. The van der Waals surface area contributed by atoms with Crippen LogP contribution in [-0.4, -0.2) is 21.5 Å². The van der Waals surface area contributed by atoms with Crippen LogP contribution in [0.5, 0.6) is 0 Å². The molecule has 0 unspecified atom stereocenters. The van der Waals surface area contributed by atoms with Crippen LogP contribution in [0, 0.1) is 5.82 Å². The van der Waals surface area contributed by atoms with Gasteiger partial charge in [0.05, 0.1) is 17.7 Å². The van der Waals surface area contributed by atoms with E-state index in [0.717, 1.165) is 44.1 Å². The summed E-state index contributed by atoms with van der Waals surface area (Å²) in [5.41, 5.74) is 1.93. The number of benzene rings is 2. The van der Waals surface area contributed by atoms with Crippen LogP contribution >= 0.6 is 0 Å². The Morgan fingerprint density at radius 3 is 2.48 bits per heavy atom. The largest absolute Gasteiger partial charge is 0.465 e. The van der Waals surface area contributed by atoms with Gasteiger partial charge in [-0.05, 0) is 48.7 Å². The molecule has 1 heterocycles. The first-order valence-corrected chi connectivity index (χ1v) is 10.1. The molecule has 0 saturated carbocycles. The number of methoxy groups -OCH3 is 1. The van der Waals surface area contributed by atoms with Crippen molar-refractivity contribution in [2.45, 2.75) is 31.1 Å². The molecule has 0 bridgehead atoms. The van der Waals surface area contributed by atoms with Gasteiger partial charge in [0.1, 0.15) is 5.82 Å². The highest BCUT2D eigenvalue weighted by atomic mass is 32.2. The van der Waals surface area contributed by atoms with Gasteiger partial charge in [0.15, 0.2) is 4.91 Å². The smallest absolute Gasteiger partial charge is 0.351 e. The number of rotatable bonds is 5. The third-order valence-corrected chi connectivity index (χ3v) is 6.20. The average Bonchev–Trinajstić information content (AvgIpc) is 2.66. The van der Waals surface area contributed by atoms with Crippen LogP contribution in [0.25, 0.3) is 0 Å². The first-order valence-electron chi connectivity index (χ1n) is 8.61. The minimum Gasteiger partial charge on any atom is -0.465 e. The van der Waals surface area contributed by atoms with Crippen molar-refractivity contribution in [2.24, 2.45) is 0 Å². The monoisotopic (exact) mass is 389 g/mol. The Morgan fingerprint density at radius 1 is 1.15 bits per heavy atom. The highest BCUT2D eigenvalue weighted by Gasteiger charge is 2.36. The highest BCUT2D eigenvalue weighted by molar-refractivity contribution is 7.96. The predicted octanol–water partition coefficient (Wildman–Crippen LogP) is 4.11. The van der Waals surface area contributed by atoms with Gasteiger partial charge in [-0.25, -0.2) is 17.6 Å². The Labute approximate surface area is 158 Å². The van der Waals surface area contributed by atoms with Gasteiger partial charge in [-0.1, -0.05) is 25.5 Å². The Hall–Kier alpha value is -2.67. The van der Waals surface area contributed by atoms with E-state index in [1.165, 1.54) is 17.2 Å². The molecular formula is C20H20FNO4S. The molecule has 0 radical (unpaired) electrons. The number of unbranched alkanes of at least 4 members (excludes halogenated alkanes) is 1. The minimum absolute atomic E-state index is 0.137. The van der Waals surface area contributed by atoms with Crippen LogP contribution < -0.4 is 4.90 Å². The summed E-state index contributed by atoms with van der Waals surface area (Å²) >= 11 is 0. The van der Waals surface area contributed by atoms with E-state index in [9.17, 15) is 17.6 Å². The molecule has 1 aliphatic heterocycles. The normalized spacial score (nSPS) is 15.1. The van der Waals surface area contributed by atoms with E-state index >= 15 is 0 Å². The number of aryl methyl sites for hydroxylation is 1. The molecule has 1 aliphatic rings. The van der Waals surface area contributed by atoms with E-state index in [1.54, 1.807) is 0 Å². The summed E-state index contributed by atoms with van der Waals surface area (Å²) in [6, 6.07) is 10.9. The number of hydrogen-bond donors (Lipinski definition) is 0. The lowest BCUT2D eigenvalue weighted by molar-refractivity contribution is -0.135. The van der Waals surface area contributed by atoms with Gasteiger partial charge in [0.25, 0.3) is 0 Å². The van der Waals surface area contributed by atoms with Crippen LogP contribution in [0.4, 0.5) is 15.8 Å². The van der Waals surface area contributed by atoms with E-state index in [2.05, 4.69) is 11.7 Å². The molecule has 7 heteroatoms. The Morgan fingerprint density at radius 2 is 1.85 bits per heavy atom. The highest BCUT2D eigenvalue weighted by Crippen LogP contribution is 2.40. The lowest BCUT2D eigenvalue weighted by atomic mass is 10.1. The molecule has 0 atom stereocenters. The molecule has 0 aromatic heterocycles. The molecule has 0 amide bonds. The Kier molecular flexibility index (Phi) is 5.32. The van der Waals surface area contributed by atoms with Crippen molar-refractivity contribution in [2.75, 3.05) is 12.0 Å². The second-order valence-electron chi connectivity index (χ2n) is 6.24. The van der Waals surface area contributed by atoms with Gasteiger partial charge in [-0.2, -0.15) is 0 Å². The number of anilines is 2. The molecule has 2 aromatic rings. The lowest BCUT2D eigenvalue weighted by Crippen LogP contribution is -2.26. The molecule has 0 spiro atoms. The van der Waals surface area contributed by atoms with Gasteiger partial charge in [-0.3, -0.25) is 0 Å². The molecule has 5 nitrogen and oxygen atoms in total. The molecule has 0 N–H and O–H groups in total. The van der Waals surface area contributed by atoms with Crippen LogP contribution in [0.15, 0.2) is 58.5 Å². The number of fused-ring (bicyclic) bond motifs is 1. The lowest BCUT2D eigenvalue weighted by Gasteiger charge is -2.28. The summed E-state index contributed by atoms with van der Waals surface area (Å²) < 4.78 is 43.9.